The molecule has 1 spiro atoms. The van der Waals surface area contributed by atoms with E-state index in [0.717, 1.165) is 44.4 Å². The van der Waals surface area contributed by atoms with Crippen molar-refractivity contribution in [1.29, 1.82) is 0 Å². The van der Waals surface area contributed by atoms with Crippen molar-refractivity contribution in [3.05, 3.63) is 11.6 Å². The Balaban J connectivity index is 0.00000161. The molecule has 0 aromatic carbocycles. The van der Waals surface area contributed by atoms with Crippen LogP contribution < -0.4 is 5.32 Å². The molecule has 120 valence electrons. The molecule has 1 aliphatic carbocycles. The summed E-state index contributed by atoms with van der Waals surface area (Å²) in [6.45, 7) is 9.52. The van der Waals surface area contributed by atoms with Gasteiger partial charge < -0.3 is 9.88 Å². The molecule has 0 amide bonds. The van der Waals surface area contributed by atoms with Crippen molar-refractivity contribution in [2.45, 2.75) is 64.6 Å². The highest BCUT2D eigenvalue weighted by atomic mass is 35.5. The molecule has 2 heterocycles. The van der Waals surface area contributed by atoms with Gasteiger partial charge in [0.1, 0.15) is 11.6 Å². The SMILES string of the molecule is CCn1c(C)nnc1CN1CCNCC12CCCCC2.Cl. The molecular weight excluding hydrogens is 286 g/mol. The molecule has 0 bridgehead atoms. The van der Waals surface area contributed by atoms with E-state index in [2.05, 4.69) is 31.9 Å². The fraction of sp³-hybridized carbons (Fsp3) is 0.867. The van der Waals surface area contributed by atoms with Gasteiger partial charge in [-0.15, -0.1) is 22.6 Å². The second-order valence-corrected chi connectivity index (χ2v) is 6.29. The molecule has 1 aromatic heterocycles. The third-order valence-corrected chi connectivity index (χ3v) is 5.13. The number of aryl methyl sites for hydroxylation is 1. The number of rotatable bonds is 3. The van der Waals surface area contributed by atoms with Crippen molar-refractivity contribution in [1.82, 2.24) is 25.0 Å². The Morgan fingerprint density at radius 2 is 1.95 bits per heavy atom. The number of aromatic nitrogens is 3. The van der Waals surface area contributed by atoms with Crippen molar-refractivity contribution >= 4 is 12.4 Å². The summed E-state index contributed by atoms with van der Waals surface area (Å²) in [7, 11) is 0. The highest BCUT2D eigenvalue weighted by Gasteiger charge is 2.40. The normalized spacial score (nSPS) is 22.2. The summed E-state index contributed by atoms with van der Waals surface area (Å²) < 4.78 is 2.25. The number of piperazine rings is 1. The lowest BCUT2D eigenvalue weighted by Gasteiger charge is -2.49. The maximum Gasteiger partial charge on any atom is 0.147 e. The van der Waals surface area contributed by atoms with Gasteiger partial charge in [0.25, 0.3) is 0 Å². The van der Waals surface area contributed by atoms with E-state index in [9.17, 15) is 0 Å². The number of hydrogen-bond donors (Lipinski definition) is 1. The lowest BCUT2D eigenvalue weighted by Crippen LogP contribution is -2.61. The minimum absolute atomic E-state index is 0. The van der Waals surface area contributed by atoms with Crippen LogP contribution in [-0.4, -0.2) is 44.8 Å². The molecule has 0 radical (unpaired) electrons. The van der Waals surface area contributed by atoms with E-state index in [1.165, 1.54) is 32.1 Å². The smallest absolute Gasteiger partial charge is 0.147 e. The average molecular weight is 314 g/mol. The standard InChI is InChI=1S/C15H27N5.ClH/c1-3-20-13(2)17-18-14(20)11-19-10-9-16-12-15(19)7-5-4-6-8-15;/h16H,3-12H2,1-2H3;1H. The molecular formula is C15H28ClN5. The maximum absolute atomic E-state index is 4.41. The van der Waals surface area contributed by atoms with Crippen LogP contribution in [0.3, 0.4) is 0 Å². The molecule has 0 unspecified atom stereocenters. The van der Waals surface area contributed by atoms with Crippen LogP contribution in [0.5, 0.6) is 0 Å². The molecule has 1 aliphatic heterocycles. The topological polar surface area (TPSA) is 46.0 Å². The second kappa shape index (κ2) is 7.07. The summed E-state index contributed by atoms with van der Waals surface area (Å²) in [6.07, 6.45) is 6.81. The predicted molar refractivity (Wildman–Crippen MR) is 86.8 cm³/mol. The van der Waals surface area contributed by atoms with Crippen LogP contribution in [0.4, 0.5) is 0 Å². The van der Waals surface area contributed by atoms with Crippen LogP contribution in [0, 0.1) is 6.92 Å². The first-order valence-corrected chi connectivity index (χ1v) is 8.10. The van der Waals surface area contributed by atoms with Gasteiger partial charge in [0, 0.05) is 31.7 Å². The van der Waals surface area contributed by atoms with Gasteiger partial charge in [0.05, 0.1) is 6.54 Å². The van der Waals surface area contributed by atoms with Gasteiger partial charge in [0.15, 0.2) is 0 Å². The lowest BCUT2D eigenvalue weighted by atomic mass is 9.79. The van der Waals surface area contributed by atoms with E-state index in [4.69, 9.17) is 0 Å². The zero-order chi connectivity index (χ0) is 14.0. The lowest BCUT2D eigenvalue weighted by molar-refractivity contribution is 0.0181. The van der Waals surface area contributed by atoms with Crippen molar-refractivity contribution in [3.63, 3.8) is 0 Å². The molecule has 1 aromatic rings. The Morgan fingerprint density at radius 1 is 1.19 bits per heavy atom. The third kappa shape index (κ3) is 3.25. The molecule has 2 aliphatic rings. The van der Waals surface area contributed by atoms with Crippen LogP contribution in [0.25, 0.3) is 0 Å². The minimum atomic E-state index is 0. The molecule has 3 rings (SSSR count). The Morgan fingerprint density at radius 3 is 2.67 bits per heavy atom. The van der Waals surface area contributed by atoms with Gasteiger partial charge in [-0.2, -0.15) is 0 Å². The van der Waals surface area contributed by atoms with Crippen LogP contribution in [-0.2, 0) is 13.1 Å². The summed E-state index contributed by atoms with van der Waals surface area (Å²) in [5, 5.41) is 12.3. The predicted octanol–water partition coefficient (Wildman–Crippen LogP) is 2.14. The van der Waals surface area contributed by atoms with E-state index >= 15 is 0 Å². The van der Waals surface area contributed by atoms with E-state index in [-0.39, 0.29) is 12.4 Å². The molecule has 1 saturated carbocycles. The molecule has 21 heavy (non-hydrogen) atoms. The minimum Gasteiger partial charge on any atom is -0.314 e. The number of nitrogens with zero attached hydrogens (tertiary/aromatic N) is 4. The van der Waals surface area contributed by atoms with Gasteiger partial charge in [-0.1, -0.05) is 19.3 Å². The summed E-state index contributed by atoms with van der Waals surface area (Å²) in [4.78, 5) is 2.68. The number of halogens is 1. The third-order valence-electron chi connectivity index (χ3n) is 5.13. The summed E-state index contributed by atoms with van der Waals surface area (Å²) in [5.74, 6) is 2.17. The zero-order valence-electron chi connectivity index (χ0n) is 13.3. The van der Waals surface area contributed by atoms with Gasteiger partial charge >= 0.3 is 0 Å². The van der Waals surface area contributed by atoms with Gasteiger partial charge in [-0.3, -0.25) is 4.90 Å². The Labute approximate surface area is 133 Å². The number of hydrogen-bond acceptors (Lipinski definition) is 4. The summed E-state index contributed by atoms with van der Waals surface area (Å²) >= 11 is 0. The average Bonchev–Trinajstić information content (AvgIpc) is 2.83. The Bertz CT molecular complexity index is 445. The van der Waals surface area contributed by atoms with Crippen LogP contribution in [0.15, 0.2) is 0 Å². The van der Waals surface area contributed by atoms with E-state index in [1.54, 1.807) is 0 Å². The van der Waals surface area contributed by atoms with Gasteiger partial charge in [-0.25, -0.2) is 0 Å². The van der Waals surface area contributed by atoms with E-state index < -0.39 is 0 Å². The molecule has 6 heteroatoms. The largest absolute Gasteiger partial charge is 0.314 e. The molecule has 0 atom stereocenters. The van der Waals surface area contributed by atoms with E-state index in [1.807, 2.05) is 6.92 Å². The Hall–Kier alpha value is -0.650. The second-order valence-electron chi connectivity index (χ2n) is 6.29. The van der Waals surface area contributed by atoms with Crippen LogP contribution in [0.2, 0.25) is 0 Å². The fourth-order valence-corrected chi connectivity index (χ4v) is 3.96. The Kier molecular flexibility index (Phi) is 5.63. The first-order valence-electron chi connectivity index (χ1n) is 8.10. The molecule has 1 N–H and O–H groups in total. The summed E-state index contributed by atoms with van der Waals surface area (Å²) in [6, 6.07) is 0. The van der Waals surface area contributed by atoms with Gasteiger partial charge in [0.2, 0.25) is 0 Å². The van der Waals surface area contributed by atoms with Gasteiger partial charge in [-0.05, 0) is 26.7 Å². The van der Waals surface area contributed by atoms with Crippen molar-refractivity contribution in [2.24, 2.45) is 0 Å². The highest BCUT2D eigenvalue weighted by Crippen LogP contribution is 2.35. The van der Waals surface area contributed by atoms with Crippen LogP contribution in [0.1, 0.15) is 50.7 Å². The molecule has 1 saturated heterocycles. The highest BCUT2D eigenvalue weighted by molar-refractivity contribution is 5.85. The van der Waals surface area contributed by atoms with Crippen molar-refractivity contribution in [2.75, 3.05) is 19.6 Å². The first kappa shape index (κ1) is 16.7. The molecule has 2 fully saturated rings. The van der Waals surface area contributed by atoms with E-state index in [0.29, 0.717) is 5.54 Å². The fourth-order valence-electron chi connectivity index (χ4n) is 3.96. The molecule has 5 nitrogen and oxygen atoms in total. The number of nitrogens with one attached hydrogen (secondary N) is 1. The zero-order valence-corrected chi connectivity index (χ0v) is 14.1. The maximum atomic E-state index is 4.41. The van der Waals surface area contributed by atoms with Crippen molar-refractivity contribution < 1.29 is 0 Å². The van der Waals surface area contributed by atoms with Crippen LogP contribution >= 0.6 is 12.4 Å². The first-order chi connectivity index (χ1) is 9.75. The van der Waals surface area contributed by atoms with Crippen molar-refractivity contribution in [3.8, 4) is 0 Å². The quantitative estimate of drug-likeness (QED) is 0.928. The summed E-state index contributed by atoms with van der Waals surface area (Å²) in [5.41, 5.74) is 0.370. The monoisotopic (exact) mass is 313 g/mol.